The summed E-state index contributed by atoms with van der Waals surface area (Å²) in [6, 6.07) is 9.75. The molecule has 1 atom stereocenters. The van der Waals surface area contributed by atoms with E-state index in [1.54, 1.807) is 30.3 Å². The Morgan fingerprint density at radius 3 is 2.61 bits per heavy atom. The number of nitrogens with zero attached hydrogens (tertiary/aromatic N) is 4. The number of carbonyl (C=O) groups excluding carboxylic acids is 2. The van der Waals surface area contributed by atoms with E-state index < -0.39 is 43.3 Å². The largest absolute Gasteiger partial charge is 0.343 e. The first kappa shape index (κ1) is 24.2. The third kappa shape index (κ3) is 6.43. The van der Waals surface area contributed by atoms with E-state index in [1.165, 1.54) is 12.3 Å². The van der Waals surface area contributed by atoms with E-state index in [0.29, 0.717) is 22.5 Å². The standard InChI is InChI=1S/C17H14F2N4O2.C5H13N.H2/c18-17(19)7-11(8-20)23(10-17)15(24)9-22-16(25)13-5-6-21-14-4-2-1-3-12(13)14;1-5(2)6(3)4;/h1-6,11H,7,9-10H2,(H,22,25);5H,1-4H3;1H. The highest BCUT2D eigenvalue weighted by atomic mass is 19.3. The molecule has 1 aromatic heterocycles. The predicted molar refractivity (Wildman–Crippen MR) is 116 cm³/mol. The average molecular weight is 434 g/mol. The summed E-state index contributed by atoms with van der Waals surface area (Å²) in [6.07, 6.45) is 0.796. The molecule has 168 valence electrons. The molecule has 1 saturated heterocycles. The van der Waals surface area contributed by atoms with Crippen LogP contribution in [0.1, 0.15) is 32.1 Å². The Kier molecular flexibility index (Phi) is 8.00. The van der Waals surface area contributed by atoms with Gasteiger partial charge in [-0.3, -0.25) is 14.6 Å². The van der Waals surface area contributed by atoms with Gasteiger partial charge in [0.15, 0.2) is 0 Å². The molecule has 0 bridgehead atoms. The molecule has 1 aliphatic rings. The maximum atomic E-state index is 13.4. The van der Waals surface area contributed by atoms with Gasteiger partial charge in [-0.15, -0.1) is 0 Å². The van der Waals surface area contributed by atoms with E-state index in [1.807, 2.05) is 0 Å². The van der Waals surface area contributed by atoms with Crippen LogP contribution in [0.5, 0.6) is 0 Å². The van der Waals surface area contributed by atoms with Gasteiger partial charge in [-0.1, -0.05) is 18.2 Å². The van der Waals surface area contributed by atoms with Crippen LogP contribution >= 0.6 is 0 Å². The second-order valence-corrected chi connectivity index (χ2v) is 7.84. The predicted octanol–water partition coefficient (Wildman–Crippen LogP) is 2.93. The molecule has 31 heavy (non-hydrogen) atoms. The van der Waals surface area contributed by atoms with Crippen LogP contribution in [0.15, 0.2) is 36.5 Å². The number of fused-ring (bicyclic) bond motifs is 1. The number of benzene rings is 1. The normalized spacial score (nSPS) is 17.3. The van der Waals surface area contributed by atoms with Crippen molar-refractivity contribution in [2.75, 3.05) is 27.2 Å². The Hall–Kier alpha value is -3.12. The number of halogens is 2. The minimum atomic E-state index is -3.08. The van der Waals surface area contributed by atoms with Crippen LogP contribution in [0.4, 0.5) is 8.78 Å². The van der Waals surface area contributed by atoms with Gasteiger partial charge in [0.1, 0.15) is 6.04 Å². The van der Waals surface area contributed by atoms with Crippen LogP contribution in [0, 0.1) is 11.3 Å². The summed E-state index contributed by atoms with van der Waals surface area (Å²) in [4.78, 5) is 31.6. The number of amides is 2. The Morgan fingerprint density at radius 1 is 1.35 bits per heavy atom. The number of aromatic nitrogens is 1. The zero-order chi connectivity index (χ0) is 23.2. The van der Waals surface area contributed by atoms with E-state index in [0.717, 1.165) is 4.90 Å². The van der Waals surface area contributed by atoms with E-state index in [4.69, 9.17) is 5.26 Å². The second-order valence-electron chi connectivity index (χ2n) is 7.84. The Bertz CT molecular complexity index is 967. The Morgan fingerprint density at radius 2 is 2.00 bits per heavy atom. The van der Waals surface area contributed by atoms with E-state index in [9.17, 15) is 18.4 Å². The summed E-state index contributed by atoms with van der Waals surface area (Å²) < 4.78 is 26.8. The van der Waals surface area contributed by atoms with Gasteiger partial charge in [0.05, 0.1) is 30.2 Å². The molecular formula is C22H29F2N5O2. The van der Waals surface area contributed by atoms with Gasteiger partial charge in [-0.05, 0) is 40.1 Å². The van der Waals surface area contributed by atoms with Crippen molar-refractivity contribution < 1.29 is 19.8 Å². The van der Waals surface area contributed by atoms with Crippen molar-refractivity contribution in [2.45, 2.75) is 38.3 Å². The van der Waals surface area contributed by atoms with Gasteiger partial charge < -0.3 is 15.1 Å². The highest BCUT2D eigenvalue weighted by Gasteiger charge is 2.47. The van der Waals surface area contributed by atoms with Crippen LogP contribution in [0.3, 0.4) is 0 Å². The molecule has 2 aromatic rings. The van der Waals surface area contributed by atoms with E-state index in [-0.39, 0.29) is 1.43 Å². The number of nitriles is 1. The lowest BCUT2D eigenvalue weighted by atomic mass is 10.1. The van der Waals surface area contributed by atoms with Crippen molar-refractivity contribution >= 4 is 22.7 Å². The lowest BCUT2D eigenvalue weighted by Crippen LogP contribution is -2.43. The first-order chi connectivity index (χ1) is 14.6. The molecule has 7 nitrogen and oxygen atoms in total. The van der Waals surface area contributed by atoms with Crippen LogP contribution < -0.4 is 5.32 Å². The first-order valence-corrected chi connectivity index (χ1v) is 9.91. The third-order valence-electron chi connectivity index (χ3n) is 5.07. The SMILES string of the molecule is CC(C)N(C)C.N#CC1CC(F)(F)CN1C(=O)CNC(=O)c1ccnc2ccccc12.[HH]. The van der Waals surface area contributed by atoms with Gasteiger partial charge in [-0.2, -0.15) is 5.26 Å². The number of hydrogen-bond donors (Lipinski definition) is 1. The molecule has 1 fully saturated rings. The number of para-hydroxylation sites is 1. The number of alkyl halides is 2. The number of hydrogen-bond acceptors (Lipinski definition) is 5. The van der Waals surface area contributed by atoms with Gasteiger partial charge in [0, 0.05) is 25.5 Å². The van der Waals surface area contributed by atoms with E-state index in [2.05, 4.69) is 43.1 Å². The van der Waals surface area contributed by atoms with Crippen molar-refractivity contribution in [1.29, 1.82) is 5.26 Å². The van der Waals surface area contributed by atoms with Crippen molar-refractivity contribution in [1.82, 2.24) is 20.1 Å². The zero-order valence-corrected chi connectivity index (χ0v) is 18.1. The molecule has 1 N–H and O–H groups in total. The van der Waals surface area contributed by atoms with Gasteiger partial charge in [0.25, 0.3) is 11.8 Å². The summed E-state index contributed by atoms with van der Waals surface area (Å²) in [6.45, 7) is 3.07. The Labute approximate surface area is 182 Å². The highest BCUT2D eigenvalue weighted by molar-refractivity contribution is 6.06. The van der Waals surface area contributed by atoms with Crippen LogP contribution in [0.2, 0.25) is 0 Å². The van der Waals surface area contributed by atoms with E-state index >= 15 is 0 Å². The first-order valence-electron chi connectivity index (χ1n) is 9.91. The molecular weight excluding hydrogens is 404 g/mol. The van der Waals surface area contributed by atoms with Crippen LogP contribution in [-0.2, 0) is 4.79 Å². The molecule has 0 radical (unpaired) electrons. The number of pyridine rings is 1. The molecule has 0 aliphatic carbocycles. The van der Waals surface area contributed by atoms with Crippen molar-refractivity contribution in [3.8, 4) is 6.07 Å². The van der Waals surface area contributed by atoms with Crippen molar-refractivity contribution in [2.24, 2.45) is 0 Å². The smallest absolute Gasteiger partial charge is 0.268 e. The maximum absolute atomic E-state index is 13.4. The molecule has 3 rings (SSSR count). The fraction of sp³-hybridized carbons (Fsp3) is 0.455. The van der Waals surface area contributed by atoms with Crippen LogP contribution in [0.25, 0.3) is 10.9 Å². The van der Waals surface area contributed by atoms with Gasteiger partial charge in [0.2, 0.25) is 5.91 Å². The number of likely N-dealkylation sites (tertiary alicyclic amines) is 1. The van der Waals surface area contributed by atoms with Crippen LogP contribution in [-0.4, -0.2) is 71.8 Å². The fourth-order valence-corrected chi connectivity index (χ4v) is 2.84. The number of carbonyl (C=O) groups is 2. The number of nitrogens with one attached hydrogen (secondary N) is 1. The summed E-state index contributed by atoms with van der Waals surface area (Å²) in [5.74, 6) is -4.30. The topological polar surface area (TPSA) is 89.3 Å². The molecule has 9 heteroatoms. The Balaban J connectivity index is 0.000000648. The molecule has 0 spiro atoms. The molecule has 1 unspecified atom stereocenters. The number of rotatable bonds is 4. The van der Waals surface area contributed by atoms with Crippen molar-refractivity contribution in [3.05, 3.63) is 42.1 Å². The highest BCUT2D eigenvalue weighted by Crippen LogP contribution is 2.31. The van der Waals surface area contributed by atoms with Gasteiger partial charge >= 0.3 is 0 Å². The van der Waals surface area contributed by atoms with Crippen molar-refractivity contribution in [3.63, 3.8) is 0 Å². The second kappa shape index (κ2) is 10.3. The molecule has 2 heterocycles. The zero-order valence-electron chi connectivity index (χ0n) is 18.1. The molecule has 1 aliphatic heterocycles. The molecule has 2 amide bonds. The lowest BCUT2D eigenvalue weighted by molar-refractivity contribution is -0.131. The minimum Gasteiger partial charge on any atom is -0.343 e. The monoisotopic (exact) mass is 433 g/mol. The fourth-order valence-electron chi connectivity index (χ4n) is 2.84. The average Bonchev–Trinajstić information content (AvgIpc) is 3.06. The summed E-state index contributed by atoms with van der Waals surface area (Å²) in [7, 11) is 4.15. The maximum Gasteiger partial charge on any atom is 0.268 e. The lowest BCUT2D eigenvalue weighted by Gasteiger charge is -2.19. The summed E-state index contributed by atoms with van der Waals surface area (Å²) in [5.41, 5.74) is 0.965. The molecule has 0 saturated carbocycles. The third-order valence-corrected chi connectivity index (χ3v) is 5.07. The summed E-state index contributed by atoms with van der Waals surface area (Å²) in [5, 5.41) is 12.0. The minimum absolute atomic E-state index is 0. The quantitative estimate of drug-likeness (QED) is 0.801. The molecule has 1 aromatic carbocycles. The summed E-state index contributed by atoms with van der Waals surface area (Å²) >= 11 is 0. The van der Waals surface area contributed by atoms with Gasteiger partial charge in [-0.25, -0.2) is 8.78 Å².